The number of hydrogen-bond acceptors (Lipinski definition) is 7. The number of amides is 2. The van der Waals surface area contributed by atoms with Gasteiger partial charge < -0.3 is 36.3 Å². The summed E-state index contributed by atoms with van der Waals surface area (Å²) in [6, 6.07) is 18.6. The fraction of sp³-hybridized carbons (Fsp3) is 0.312. The molecule has 0 unspecified atom stereocenters. The monoisotopic (exact) mass is 586 g/mol. The molecule has 0 spiro atoms. The van der Waals surface area contributed by atoms with Gasteiger partial charge in [0, 0.05) is 47.0 Å². The minimum Gasteiger partial charge on any atom is -0.457 e. The first-order valence-electron chi connectivity index (χ1n) is 14.0. The maximum Gasteiger partial charge on any atom is 0.407 e. The molecule has 0 saturated heterocycles. The van der Waals surface area contributed by atoms with E-state index in [0.29, 0.717) is 65.5 Å². The highest BCUT2D eigenvalue weighted by atomic mass is 16.6. The highest BCUT2D eigenvalue weighted by Crippen LogP contribution is 2.34. The van der Waals surface area contributed by atoms with Gasteiger partial charge in [0.05, 0.1) is 0 Å². The molecule has 3 aromatic carbocycles. The molecule has 1 aliphatic carbocycles. The normalized spacial score (nSPS) is 16.4. The van der Waals surface area contributed by atoms with E-state index in [9.17, 15) is 9.59 Å². The first kappa shape index (κ1) is 30.9. The van der Waals surface area contributed by atoms with Crippen molar-refractivity contribution in [3.05, 3.63) is 77.9 Å². The van der Waals surface area contributed by atoms with Crippen molar-refractivity contribution in [2.45, 2.75) is 58.1 Å². The number of nitrogens with one attached hydrogen (secondary N) is 4. The Morgan fingerprint density at radius 1 is 0.744 bits per heavy atom. The van der Waals surface area contributed by atoms with Crippen LogP contribution in [0.1, 0.15) is 57.6 Å². The topological polar surface area (TPSA) is 186 Å². The van der Waals surface area contributed by atoms with E-state index in [2.05, 4.69) is 10.6 Å². The second kappa shape index (κ2) is 13.3. The van der Waals surface area contributed by atoms with Crippen LogP contribution in [0.3, 0.4) is 0 Å². The van der Waals surface area contributed by atoms with Crippen LogP contribution in [-0.4, -0.2) is 35.3 Å². The smallest absolute Gasteiger partial charge is 0.407 e. The number of nitrogen functional groups attached to an aromatic ring is 2. The maximum absolute atomic E-state index is 13.3. The molecule has 0 atom stereocenters. The molecule has 0 radical (unpaired) electrons. The van der Waals surface area contributed by atoms with E-state index in [1.807, 2.05) is 20.8 Å². The average Bonchev–Trinajstić information content (AvgIpc) is 2.93. The molecular weight excluding hydrogens is 548 g/mol. The van der Waals surface area contributed by atoms with Crippen LogP contribution in [0.2, 0.25) is 0 Å². The summed E-state index contributed by atoms with van der Waals surface area (Å²) in [6.45, 7) is 5.45. The van der Waals surface area contributed by atoms with Crippen LogP contribution in [0.25, 0.3) is 0 Å². The molecule has 1 saturated carbocycles. The molecule has 0 aromatic heterocycles. The van der Waals surface area contributed by atoms with Crippen LogP contribution in [0.4, 0.5) is 10.5 Å². The number of hydrogen-bond donors (Lipinski definition) is 6. The number of carbonyl (C=O) groups is 2. The molecule has 11 nitrogen and oxygen atoms in total. The number of benzene rings is 3. The Labute approximate surface area is 250 Å². The summed E-state index contributed by atoms with van der Waals surface area (Å²) in [4.78, 5) is 25.4. The molecule has 1 fully saturated rings. The molecule has 3 aromatic rings. The van der Waals surface area contributed by atoms with Crippen molar-refractivity contribution in [1.29, 1.82) is 10.8 Å². The summed E-state index contributed by atoms with van der Waals surface area (Å²) in [6.07, 6.45) is 2.13. The van der Waals surface area contributed by atoms with Gasteiger partial charge in [-0.2, -0.15) is 0 Å². The van der Waals surface area contributed by atoms with E-state index in [1.165, 1.54) is 0 Å². The number of rotatable bonds is 9. The summed E-state index contributed by atoms with van der Waals surface area (Å²) < 4.78 is 17.5. The van der Waals surface area contributed by atoms with Gasteiger partial charge >= 0.3 is 6.09 Å². The van der Waals surface area contributed by atoms with Gasteiger partial charge in [0.2, 0.25) is 5.91 Å². The number of ether oxygens (including phenoxy) is 3. The minimum atomic E-state index is -0.571. The number of alkyl carbamates (subject to hydrolysis) is 1. The van der Waals surface area contributed by atoms with Gasteiger partial charge in [-0.15, -0.1) is 0 Å². The first-order valence-corrected chi connectivity index (χ1v) is 14.0. The summed E-state index contributed by atoms with van der Waals surface area (Å²) in [5.41, 5.74) is 12.2. The molecule has 8 N–H and O–H groups in total. The molecule has 43 heavy (non-hydrogen) atoms. The van der Waals surface area contributed by atoms with Gasteiger partial charge in [0.1, 0.15) is 40.3 Å². The van der Waals surface area contributed by atoms with Crippen LogP contribution in [0.5, 0.6) is 23.0 Å². The van der Waals surface area contributed by atoms with Crippen LogP contribution >= 0.6 is 0 Å². The Kier molecular flexibility index (Phi) is 9.54. The van der Waals surface area contributed by atoms with E-state index in [0.717, 1.165) is 0 Å². The van der Waals surface area contributed by atoms with Crippen molar-refractivity contribution < 1.29 is 23.8 Å². The second-order valence-corrected chi connectivity index (χ2v) is 11.5. The van der Waals surface area contributed by atoms with E-state index >= 15 is 0 Å². The van der Waals surface area contributed by atoms with E-state index < -0.39 is 11.7 Å². The van der Waals surface area contributed by atoms with Crippen molar-refractivity contribution in [2.24, 2.45) is 17.4 Å². The zero-order chi connectivity index (χ0) is 31.1. The van der Waals surface area contributed by atoms with Crippen LogP contribution in [0.15, 0.2) is 66.7 Å². The lowest BCUT2D eigenvalue weighted by Crippen LogP contribution is -2.42. The predicted octanol–water partition coefficient (Wildman–Crippen LogP) is 5.86. The standard InChI is InChI=1S/C32H38N6O5/c1-32(2,3)43-31(40)38-22-10-4-21(5-11-22)30(39)37-23-16-26(41-24-12-6-19(7-13-24)28(33)34)18-27(17-23)42-25-14-8-20(9-15-25)29(35)36/h6-9,12-18,21-22H,4-5,10-11H2,1-3H3,(H3,33,34)(H3,35,36)(H,37,39)(H,38,40). The van der Waals surface area contributed by atoms with Crippen molar-refractivity contribution in [3.63, 3.8) is 0 Å². The minimum absolute atomic E-state index is 0.0422. The zero-order valence-electron chi connectivity index (χ0n) is 24.5. The molecule has 2 amide bonds. The lowest BCUT2D eigenvalue weighted by Gasteiger charge is -2.29. The highest BCUT2D eigenvalue weighted by Gasteiger charge is 2.28. The molecule has 4 rings (SSSR count). The van der Waals surface area contributed by atoms with E-state index in [-0.39, 0.29) is 29.5 Å². The van der Waals surface area contributed by atoms with Crippen molar-refractivity contribution in [3.8, 4) is 23.0 Å². The Morgan fingerprint density at radius 2 is 1.21 bits per heavy atom. The van der Waals surface area contributed by atoms with E-state index in [4.69, 9.17) is 36.5 Å². The SMILES string of the molecule is CC(C)(C)OC(=O)NC1CCC(C(=O)Nc2cc(Oc3ccc(C(=N)N)cc3)cc(Oc3ccc(C(=N)N)cc3)c2)CC1. The average molecular weight is 587 g/mol. The summed E-state index contributed by atoms with van der Waals surface area (Å²) in [5, 5.41) is 21.1. The molecule has 0 bridgehead atoms. The maximum atomic E-state index is 13.3. The van der Waals surface area contributed by atoms with Crippen molar-refractivity contribution >= 4 is 29.4 Å². The summed E-state index contributed by atoms with van der Waals surface area (Å²) >= 11 is 0. The molecule has 11 heteroatoms. The number of amidine groups is 2. The quantitative estimate of drug-likeness (QED) is 0.134. The van der Waals surface area contributed by atoms with Crippen LogP contribution < -0.4 is 31.6 Å². The lowest BCUT2D eigenvalue weighted by atomic mass is 9.85. The first-order chi connectivity index (χ1) is 20.3. The summed E-state index contributed by atoms with van der Waals surface area (Å²) in [5.74, 6) is 1.44. The molecular formula is C32H38N6O5. The number of nitrogens with two attached hydrogens (primary N) is 2. The third kappa shape index (κ3) is 9.22. The largest absolute Gasteiger partial charge is 0.457 e. The van der Waals surface area contributed by atoms with Crippen molar-refractivity contribution in [1.82, 2.24) is 5.32 Å². The van der Waals surface area contributed by atoms with Gasteiger partial charge in [0.15, 0.2) is 0 Å². The molecule has 0 aliphatic heterocycles. The third-order valence-electron chi connectivity index (χ3n) is 6.77. The van der Waals surface area contributed by atoms with Gasteiger partial charge in [-0.05, 0) is 95.0 Å². The Morgan fingerprint density at radius 3 is 1.63 bits per heavy atom. The van der Waals surface area contributed by atoms with Crippen LogP contribution in [-0.2, 0) is 9.53 Å². The highest BCUT2D eigenvalue weighted by molar-refractivity contribution is 5.95. The van der Waals surface area contributed by atoms with Gasteiger partial charge in [0.25, 0.3) is 0 Å². The van der Waals surface area contributed by atoms with Gasteiger partial charge in [-0.3, -0.25) is 15.6 Å². The zero-order valence-corrected chi connectivity index (χ0v) is 24.5. The Bertz CT molecular complexity index is 1400. The summed E-state index contributed by atoms with van der Waals surface area (Å²) in [7, 11) is 0. The van der Waals surface area contributed by atoms with Crippen molar-refractivity contribution in [2.75, 3.05) is 5.32 Å². The van der Waals surface area contributed by atoms with Crippen LogP contribution in [0, 0.1) is 16.7 Å². The van der Waals surface area contributed by atoms with E-state index in [1.54, 1.807) is 66.7 Å². The fourth-order valence-electron chi connectivity index (χ4n) is 4.66. The molecule has 1 aliphatic rings. The Hall–Kier alpha value is -5.06. The Balaban J connectivity index is 1.46. The number of anilines is 1. The van der Waals surface area contributed by atoms with Gasteiger partial charge in [-0.1, -0.05) is 0 Å². The molecule has 226 valence electrons. The lowest BCUT2D eigenvalue weighted by molar-refractivity contribution is -0.120. The fourth-order valence-corrected chi connectivity index (χ4v) is 4.66. The molecule has 0 heterocycles. The third-order valence-corrected chi connectivity index (χ3v) is 6.77. The second-order valence-electron chi connectivity index (χ2n) is 11.5. The number of carbonyl (C=O) groups excluding carboxylic acids is 2. The van der Waals surface area contributed by atoms with Gasteiger partial charge in [-0.25, -0.2) is 4.79 Å². The predicted molar refractivity (Wildman–Crippen MR) is 165 cm³/mol.